The van der Waals surface area contributed by atoms with Crippen molar-refractivity contribution in [2.75, 3.05) is 20.2 Å². The Morgan fingerprint density at radius 2 is 2.25 bits per heavy atom. The molecule has 1 amide bonds. The van der Waals surface area contributed by atoms with Crippen molar-refractivity contribution in [2.45, 2.75) is 18.8 Å². The molecule has 1 heterocycles. The number of benzene rings is 1. The predicted molar refractivity (Wildman–Crippen MR) is 77.5 cm³/mol. The average Bonchev–Trinajstić information content (AvgIpc) is 3.06. The molecule has 1 spiro atoms. The monoisotopic (exact) mass is 337 g/mol. The van der Waals surface area contributed by atoms with Gasteiger partial charge in [-0.3, -0.25) is 9.59 Å². The summed E-state index contributed by atoms with van der Waals surface area (Å²) in [6.07, 6.45) is 1.06. The number of halogens is 1. The van der Waals surface area contributed by atoms with Crippen molar-refractivity contribution in [3.8, 4) is 0 Å². The van der Waals surface area contributed by atoms with Crippen LogP contribution in [0.4, 0.5) is 0 Å². The highest BCUT2D eigenvalue weighted by Crippen LogP contribution is 2.57. The molecule has 1 aromatic carbocycles. The molecule has 4 nitrogen and oxygen atoms in total. The normalized spacial score (nSPS) is 27.4. The zero-order chi connectivity index (χ0) is 14.5. The van der Waals surface area contributed by atoms with Crippen molar-refractivity contribution < 1.29 is 14.3 Å². The molecular formula is C15H16BrNO3. The van der Waals surface area contributed by atoms with Crippen LogP contribution in [0.3, 0.4) is 0 Å². The molecule has 1 fully saturated rings. The van der Waals surface area contributed by atoms with E-state index < -0.39 is 0 Å². The third kappa shape index (κ3) is 1.95. The van der Waals surface area contributed by atoms with E-state index in [-0.39, 0.29) is 23.8 Å². The fourth-order valence-corrected chi connectivity index (χ4v) is 3.58. The van der Waals surface area contributed by atoms with Crippen LogP contribution in [-0.2, 0) is 14.9 Å². The Balaban J connectivity index is 2.01. The molecule has 1 aliphatic carbocycles. The smallest absolute Gasteiger partial charge is 0.325 e. The Bertz CT molecular complexity index is 601. The maximum atomic E-state index is 12.5. The van der Waals surface area contributed by atoms with E-state index in [0.717, 1.165) is 16.5 Å². The van der Waals surface area contributed by atoms with Gasteiger partial charge in [0.15, 0.2) is 0 Å². The van der Waals surface area contributed by atoms with E-state index in [0.29, 0.717) is 18.0 Å². The highest BCUT2D eigenvalue weighted by atomic mass is 79.9. The topological polar surface area (TPSA) is 46.6 Å². The number of hydrogen-bond acceptors (Lipinski definition) is 3. The molecule has 0 bridgehead atoms. The second kappa shape index (κ2) is 4.58. The molecule has 2 aliphatic rings. The molecule has 0 radical (unpaired) electrons. The summed E-state index contributed by atoms with van der Waals surface area (Å²) in [5, 5.41) is 0. The lowest BCUT2D eigenvalue weighted by Gasteiger charge is -2.34. The molecule has 0 aromatic heterocycles. The SMILES string of the molecule is COC(=O)CN1CC2(CC2C)c2cc(Br)ccc2C1=O. The van der Waals surface area contributed by atoms with Gasteiger partial charge in [-0.1, -0.05) is 22.9 Å². The number of hydrogen-bond donors (Lipinski definition) is 0. The zero-order valence-corrected chi connectivity index (χ0v) is 13.1. The number of carbonyl (C=O) groups is 2. The Morgan fingerprint density at radius 1 is 1.55 bits per heavy atom. The van der Waals surface area contributed by atoms with E-state index in [1.807, 2.05) is 18.2 Å². The molecule has 3 rings (SSSR count). The van der Waals surface area contributed by atoms with E-state index in [1.54, 1.807) is 4.90 Å². The van der Waals surface area contributed by atoms with Gasteiger partial charge in [-0.25, -0.2) is 0 Å². The van der Waals surface area contributed by atoms with Gasteiger partial charge in [0.1, 0.15) is 6.54 Å². The minimum Gasteiger partial charge on any atom is -0.468 e. The second-order valence-corrected chi connectivity index (χ2v) is 6.60. The van der Waals surface area contributed by atoms with Gasteiger partial charge < -0.3 is 9.64 Å². The number of fused-ring (bicyclic) bond motifs is 2. The van der Waals surface area contributed by atoms with Gasteiger partial charge in [0.25, 0.3) is 5.91 Å². The Labute approximate surface area is 126 Å². The van der Waals surface area contributed by atoms with Gasteiger partial charge in [-0.15, -0.1) is 0 Å². The minimum absolute atomic E-state index is 0.0149. The number of esters is 1. The maximum Gasteiger partial charge on any atom is 0.325 e. The first-order valence-electron chi connectivity index (χ1n) is 6.64. The number of amides is 1. The summed E-state index contributed by atoms with van der Waals surface area (Å²) < 4.78 is 5.67. The van der Waals surface area contributed by atoms with E-state index in [4.69, 9.17) is 0 Å². The van der Waals surface area contributed by atoms with Crippen LogP contribution in [0.1, 0.15) is 29.3 Å². The molecule has 2 atom stereocenters. The van der Waals surface area contributed by atoms with Crippen molar-refractivity contribution in [1.82, 2.24) is 4.90 Å². The Hall–Kier alpha value is -1.36. The maximum absolute atomic E-state index is 12.5. The average molecular weight is 338 g/mol. The summed E-state index contributed by atoms with van der Waals surface area (Å²) in [4.78, 5) is 25.6. The first-order valence-corrected chi connectivity index (χ1v) is 7.43. The summed E-state index contributed by atoms with van der Waals surface area (Å²) in [6.45, 7) is 2.82. The molecule has 2 unspecified atom stereocenters. The highest BCUT2D eigenvalue weighted by molar-refractivity contribution is 9.10. The Kier molecular flexibility index (Phi) is 3.12. The van der Waals surface area contributed by atoms with Gasteiger partial charge >= 0.3 is 5.97 Å². The van der Waals surface area contributed by atoms with Crippen molar-refractivity contribution >= 4 is 27.8 Å². The van der Waals surface area contributed by atoms with Gasteiger partial charge in [0.2, 0.25) is 0 Å². The number of ether oxygens (including phenoxy) is 1. The standard InChI is InChI=1S/C15H16BrNO3/c1-9-6-15(9)8-17(7-13(18)20-2)14(19)11-4-3-10(16)5-12(11)15/h3-5,9H,6-8H2,1-2H3. The second-order valence-electron chi connectivity index (χ2n) is 5.69. The summed E-state index contributed by atoms with van der Waals surface area (Å²) in [7, 11) is 1.34. The molecule has 5 heteroatoms. The van der Waals surface area contributed by atoms with Crippen LogP contribution < -0.4 is 0 Å². The van der Waals surface area contributed by atoms with Crippen LogP contribution in [0.2, 0.25) is 0 Å². The van der Waals surface area contributed by atoms with Gasteiger partial charge in [-0.2, -0.15) is 0 Å². The largest absolute Gasteiger partial charge is 0.468 e. The van der Waals surface area contributed by atoms with Crippen molar-refractivity contribution in [1.29, 1.82) is 0 Å². The Morgan fingerprint density at radius 3 is 2.85 bits per heavy atom. The molecule has 1 saturated carbocycles. The fraction of sp³-hybridized carbons (Fsp3) is 0.467. The van der Waals surface area contributed by atoms with E-state index in [9.17, 15) is 9.59 Å². The summed E-state index contributed by atoms with van der Waals surface area (Å²) in [5.41, 5.74) is 1.85. The number of rotatable bonds is 2. The number of nitrogens with zero attached hydrogens (tertiary/aromatic N) is 1. The van der Waals surface area contributed by atoms with Crippen molar-refractivity contribution in [3.05, 3.63) is 33.8 Å². The number of carbonyl (C=O) groups excluding carboxylic acids is 2. The van der Waals surface area contributed by atoms with Gasteiger partial charge in [0.05, 0.1) is 7.11 Å². The first kappa shape index (κ1) is 13.6. The minimum atomic E-state index is -0.373. The zero-order valence-electron chi connectivity index (χ0n) is 11.5. The number of methoxy groups -OCH3 is 1. The van der Waals surface area contributed by atoms with Crippen LogP contribution in [0, 0.1) is 5.92 Å². The first-order chi connectivity index (χ1) is 9.48. The van der Waals surface area contributed by atoms with Crippen LogP contribution in [0.25, 0.3) is 0 Å². The lowest BCUT2D eigenvalue weighted by molar-refractivity contribution is -0.141. The third-order valence-electron chi connectivity index (χ3n) is 4.51. The van der Waals surface area contributed by atoms with Crippen LogP contribution >= 0.6 is 15.9 Å². The highest BCUT2D eigenvalue weighted by Gasteiger charge is 2.57. The summed E-state index contributed by atoms with van der Waals surface area (Å²) in [5.74, 6) is 0.0776. The third-order valence-corrected chi connectivity index (χ3v) is 5.00. The van der Waals surface area contributed by atoms with Gasteiger partial charge in [-0.05, 0) is 36.1 Å². The van der Waals surface area contributed by atoms with E-state index in [1.165, 1.54) is 7.11 Å². The van der Waals surface area contributed by atoms with E-state index in [2.05, 4.69) is 27.6 Å². The lowest BCUT2D eigenvalue weighted by atomic mass is 9.85. The predicted octanol–water partition coefficient (Wildman–Crippen LogP) is 2.36. The molecule has 1 aliphatic heterocycles. The van der Waals surface area contributed by atoms with Crippen molar-refractivity contribution in [2.24, 2.45) is 5.92 Å². The summed E-state index contributed by atoms with van der Waals surface area (Å²) in [6, 6.07) is 5.77. The lowest BCUT2D eigenvalue weighted by Crippen LogP contribution is -2.46. The van der Waals surface area contributed by atoms with Gasteiger partial charge in [0, 0.05) is 22.0 Å². The fourth-order valence-electron chi connectivity index (χ4n) is 3.21. The van der Waals surface area contributed by atoms with Crippen LogP contribution in [0.15, 0.2) is 22.7 Å². The summed E-state index contributed by atoms with van der Waals surface area (Å²) >= 11 is 3.48. The molecule has 0 N–H and O–H groups in total. The molecule has 106 valence electrons. The van der Waals surface area contributed by atoms with E-state index >= 15 is 0 Å². The molecular weight excluding hydrogens is 322 g/mol. The van der Waals surface area contributed by atoms with Crippen LogP contribution in [0.5, 0.6) is 0 Å². The molecule has 0 saturated heterocycles. The quantitative estimate of drug-likeness (QED) is 0.778. The molecule has 20 heavy (non-hydrogen) atoms. The van der Waals surface area contributed by atoms with Crippen LogP contribution in [-0.4, -0.2) is 37.0 Å². The molecule has 1 aromatic rings. The van der Waals surface area contributed by atoms with Crippen molar-refractivity contribution in [3.63, 3.8) is 0 Å².